The van der Waals surface area contributed by atoms with E-state index in [4.69, 9.17) is 15.2 Å². The molecule has 0 aliphatic carbocycles. The minimum absolute atomic E-state index is 0.0678. The third-order valence-electron chi connectivity index (χ3n) is 6.72. The Morgan fingerprint density at radius 1 is 1.14 bits per heavy atom. The highest BCUT2D eigenvalue weighted by atomic mass is 32.2. The molecular formula is C29H40N2O4S2. The van der Waals surface area contributed by atoms with Crippen molar-refractivity contribution < 1.29 is 18.5 Å². The molecule has 2 aromatic carbocycles. The monoisotopic (exact) mass is 544 g/mol. The van der Waals surface area contributed by atoms with Crippen LogP contribution in [0.15, 0.2) is 58.5 Å². The summed E-state index contributed by atoms with van der Waals surface area (Å²) in [6.45, 7) is 7.29. The summed E-state index contributed by atoms with van der Waals surface area (Å²) < 4.78 is 24.8. The number of carbonyl (C=O) groups is 1. The zero-order valence-corrected chi connectivity index (χ0v) is 24.1. The Balaban J connectivity index is 2.11. The summed E-state index contributed by atoms with van der Waals surface area (Å²) in [6, 6.07) is 11.9. The smallest absolute Gasteiger partial charge is 0.333 e. The minimum atomic E-state index is -1.22. The predicted molar refractivity (Wildman–Crippen MR) is 155 cm³/mol. The molecule has 37 heavy (non-hydrogen) atoms. The fourth-order valence-electron chi connectivity index (χ4n) is 4.77. The lowest BCUT2D eigenvalue weighted by Crippen LogP contribution is -2.37. The van der Waals surface area contributed by atoms with Gasteiger partial charge in [0.25, 0.3) is 0 Å². The van der Waals surface area contributed by atoms with Gasteiger partial charge in [-0.2, -0.15) is 0 Å². The maximum atomic E-state index is 14.0. The number of benzene rings is 2. The fraction of sp³-hybridized carbons (Fsp3) is 0.483. The van der Waals surface area contributed by atoms with E-state index in [0.717, 1.165) is 66.2 Å². The van der Waals surface area contributed by atoms with Gasteiger partial charge < -0.3 is 20.1 Å². The molecular weight excluding hydrogens is 504 g/mol. The molecule has 0 saturated heterocycles. The number of esters is 1. The molecule has 0 bridgehead atoms. The summed E-state index contributed by atoms with van der Waals surface area (Å²) in [4.78, 5) is 15.7. The van der Waals surface area contributed by atoms with Gasteiger partial charge in [-0.05, 0) is 56.4 Å². The quantitative estimate of drug-likeness (QED) is 0.101. The summed E-state index contributed by atoms with van der Waals surface area (Å²) in [6.07, 6.45) is 11.1. The highest BCUT2D eigenvalue weighted by Crippen LogP contribution is 2.46. The molecule has 0 saturated carbocycles. The van der Waals surface area contributed by atoms with Crippen molar-refractivity contribution in [3.05, 3.63) is 48.7 Å². The van der Waals surface area contributed by atoms with E-state index in [1.807, 2.05) is 36.6 Å². The molecule has 2 N–H and O–H groups in total. The molecule has 0 aromatic heterocycles. The average molecular weight is 545 g/mol. The zero-order chi connectivity index (χ0) is 26.8. The van der Waals surface area contributed by atoms with Crippen LogP contribution in [0, 0.1) is 5.41 Å². The number of nitrogens with zero attached hydrogens (tertiary/aromatic N) is 1. The van der Waals surface area contributed by atoms with Crippen LogP contribution in [0.3, 0.4) is 0 Å². The highest BCUT2D eigenvalue weighted by molar-refractivity contribution is 7.98. The van der Waals surface area contributed by atoms with Gasteiger partial charge >= 0.3 is 5.97 Å². The summed E-state index contributed by atoms with van der Waals surface area (Å²) >= 11 is 1.55. The molecule has 1 atom stereocenters. The van der Waals surface area contributed by atoms with Gasteiger partial charge in [0.05, 0.1) is 45.2 Å². The second-order valence-corrected chi connectivity index (χ2v) is 11.8. The van der Waals surface area contributed by atoms with Gasteiger partial charge in [-0.15, -0.1) is 11.8 Å². The lowest BCUT2D eigenvalue weighted by Gasteiger charge is -2.37. The van der Waals surface area contributed by atoms with E-state index >= 15 is 0 Å². The summed E-state index contributed by atoms with van der Waals surface area (Å²) in [5, 5.41) is 0. The number of hydrogen-bond acceptors (Lipinski definition) is 7. The number of nitrogen functional groups attached to an aromatic ring is 1. The Hall–Kier alpha value is -2.45. The van der Waals surface area contributed by atoms with Crippen LogP contribution >= 0.6 is 11.8 Å². The number of ether oxygens (including phenoxy) is 2. The van der Waals surface area contributed by atoms with E-state index in [0.29, 0.717) is 23.8 Å². The third kappa shape index (κ3) is 7.54. The van der Waals surface area contributed by atoms with E-state index < -0.39 is 16.8 Å². The first-order valence-electron chi connectivity index (χ1n) is 13.1. The normalized spacial score (nSPS) is 16.9. The third-order valence-corrected chi connectivity index (χ3v) is 9.17. The molecule has 6 nitrogen and oxygen atoms in total. The summed E-state index contributed by atoms with van der Waals surface area (Å²) in [5.41, 5.74) is 8.63. The molecule has 8 heteroatoms. The molecule has 1 heterocycles. The number of fused-ring (bicyclic) bond motifs is 1. The molecule has 202 valence electrons. The molecule has 3 rings (SSSR count). The van der Waals surface area contributed by atoms with Crippen molar-refractivity contribution in [2.75, 3.05) is 35.8 Å². The standard InChI is InChI=1S/C29H40N2O4S2/c1-5-8-15-29(16-9-6-2)20-31(23-12-10-22(30)11-13-23)24-18-26(36-4)25(19-27(24)37(33)21-29)35-17-14-28(32)34-7-3/h10-14,17-19H,5-9,15-16,20-21,30H2,1-4H3/b17-14+. The predicted octanol–water partition coefficient (Wildman–Crippen LogP) is 7.07. The van der Waals surface area contributed by atoms with Crippen LogP contribution in [0.25, 0.3) is 0 Å². The van der Waals surface area contributed by atoms with Crippen LogP contribution in [0.5, 0.6) is 5.75 Å². The molecule has 0 amide bonds. The first-order valence-corrected chi connectivity index (χ1v) is 15.6. The summed E-state index contributed by atoms with van der Waals surface area (Å²) in [7, 11) is -1.22. The Labute approximate surface area is 228 Å². The van der Waals surface area contributed by atoms with Crippen molar-refractivity contribution in [3.8, 4) is 5.75 Å². The first kappa shape index (κ1) is 29.1. The van der Waals surface area contributed by atoms with E-state index in [1.54, 1.807) is 18.7 Å². The maximum absolute atomic E-state index is 14.0. The van der Waals surface area contributed by atoms with Crippen molar-refractivity contribution in [1.29, 1.82) is 0 Å². The molecule has 1 unspecified atom stereocenters. The van der Waals surface area contributed by atoms with Crippen molar-refractivity contribution in [2.24, 2.45) is 5.41 Å². The van der Waals surface area contributed by atoms with Gasteiger partial charge in [0.15, 0.2) is 0 Å². The van der Waals surface area contributed by atoms with Gasteiger partial charge in [0.1, 0.15) is 5.75 Å². The largest absolute Gasteiger partial charge is 0.464 e. The maximum Gasteiger partial charge on any atom is 0.333 e. The summed E-state index contributed by atoms with van der Waals surface area (Å²) in [5.74, 6) is 0.729. The number of anilines is 3. The number of hydrogen-bond donors (Lipinski definition) is 1. The molecule has 0 fully saturated rings. The van der Waals surface area contributed by atoms with Crippen LogP contribution < -0.4 is 15.4 Å². The van der Waals surface area contributed by atoms with Crippen molar-refractivity contribution in [3.63, 3.8) is 0 Å². The second kappa shape index (κ2) is 13.9. The Morgan fingerprint density at radius 3 is 2.41 bits per heavy atom. The van der Waals surface area contributed by atoms with E-state index in [1.165, 1.54) is 12.3 Å². The van der Waals surface area contributed by atoms with E-state index in [9.17, 15) is 9.00 Å². The molecule has 0 spiro atoms. The lowest BCUT2D eigenvalue weighted by molar-refractivity contribution is -0.137. The van der Waals surface area contributed by atoms with Crippen molar-refractivity contribution in [1.82, 2.24) is 0 Å². The fourth-order valence-corrected chi connectivity index (χ4v) is 7.04. The minimum Gasteiger partial charge on any atom is -0.464 e. The molecule has 0 radical (unpaired) electrons. The van der Waals surface area contributed by atoms with Crippen molar-refractivity contribution >= 4 is 45.6 Å². The van der Waals surface area contributed by atoms with Crippen LogP contribution in [0.4, 0.5) is 17.1 Å². The topological polar surface area (TPSA) is 81.9 Å². The van der Waals surface area contributed by atoms with Crippen LogP contribution in [-0.2, 0) is 20.3 Å². The zero-order valence-electron chi connectivity index (χ0n) is 22.5. The Kier molecular flexibility index (Phi) is 10.9. The van der Waals surface area contributed by atoms with Gasteiger partial charge in [-0.3, -0.25) is 4.21 Å². The molecule has 1 aliphatic rings. The van der Waals surface area contributed by atoms with Gasteiger partial charge in [-0.25, -0.2) is 4.79 Å². The van der Waals surface area contributed by atoms with E-state index in [-0.39, 0.29) is 5.41 Å². The number of unbranched alkanes of at least 4 members (excludes halogenated alkanes) is 2. The van der Waals surface area contributed by atoms with Crippen LogP contribution in [0.1, 0.15) is 59.3 Å². The number of nitrogens with two attached hydrogens (primary N) is 1. The Morgan fingerprint density at radius 2 is 1.81 bits per heavy atom. The number of carbonyl (C=O) groups excluding carboxylic acids is 1. The van der Waals surface area contributed by atoms with Crippen LogP contribution in [0.2, 0.25) is 0 Å². The second-order valence-electron chi connectivity index (χ2n) is 9.52. The number of thioether (sulfide) groups is 1. The molecule has 2 aromatic rings. The number of rotatable bonds is 12. The SMILES string of the molecule is CCCCC1(CCCC)CN(c2ccc(N)cc2)c2cc(SC)c(O/C=C/C(=O)OCC)cc2S(=O)C1. The van der Waals surface area contributed by atoms with Gasteiger partial charge in [-0.1, -0.05) is 39.5 Å². The average Bonchev–Trinajstić information content (AvgIpc) is 3.01. The first-order chi connectivity index (χ1) is 17.9. The lowest BCUT2D eigenvalue weighted by atomic mass is 9.79. The Bertz CT molecular complexity index is 1090. The molecule has 1 aliphatic heterocycles. The van der Waals surface area contributed by atoms with Gasteiger partial charge in [0, 0.05) is 35.2 Å². The van der Waals surface area contributed by atoms with Gasteiger partial charge in [0.2, 0.25) is 0 Å². The highest BCUT2D eigenvalue weighted by Gasteiger charge is 2.39. The van der Waals surface area contributed by atoms with Crippen LogP contribution in [-0.4, -0.2) is 35.3 Å². The van der Waals surface area contributed by atoms with E-state index in [2.05, 4.69) is 24.8 Å². The van der Waals surface area contributed by atoms with Crippen molar-refractivity contribution in [2.45, 2.75) is 69.1 Å².